The highest BCUT2D eigenvalue weighted by Gasteiger charge is 2.20. The number of rotatable bonds is 2. The van der Waals surface area contributed by atoms with E-state index in [-0.39, 0.29) is 5.82 Å². The number of nitrogens with zero attached hydrogens (tertiary/aromatic N) is 4. The number of aromatic nitrogens is 4. The number of thiazole rings is 1. The third kappa shape index (κ3) is 2.46. The molecule has 0 radical (unpaired) electrons. The van der Waals surface area contributed by atoms with Crippen LogP contribution in [0.4, 0.5) is 4.39 Å². The Morgan fingerprint density at radius 3 is 2.81 bits per heavy atom. The summed E-state index contributed by atoms with van der Waals surface area (Å²) in [5, 5.41) is 8.74. The van der Waals surface area contributed by atoms with Crippen LogP contribution in [-0.4, -0.2) is 32.3 Å². The number of aryl methyl sites for hydroxylation is 2. The minimum absolute atomic E-state index is 0.237. The molecule has 0 bridgehead atoms. The first-order valence-corrected chi connectivity index (χ1v) is 9.74. The van der Waals surface area contributed by atoms with Gasteiger partial charge in [0, 0.05) is 48.1 Å². The first-order valence-electron chi connectivity index (χ1n) is 8.92. The number of fused-ring (bicyclic) bond motifs is 2. The van der Waals surface area contributed by atoms with Crippen molar-refractivity contribution in [1.29, 1.82) is 0 Å². The average Bonchev–Trinajstić information content (AvgIpc) is 3.28. The second-order valence-electron chi connectivity index (χ2n) is 7.03. The summed E-state index contributed by atoms with van der Waals surface area (Å²) in [6, 6.07) is 3.44. The van der Waals surface area contributed by atoms with Gasteiger partial charge in [0.05, 0.1) is 16.1 Å². The van der Waals surface area contributed by atoms with Gasteiger partial charge in [0.15, 0.2) is 4.96 Å². The van der Waals surface area contributed by atoms with Gasteiger partial charge in [-0.05, 0) is 38.9 Å². The van der Waals surface area contributed by atoms with Crippen molar-refractivity contribution in [2.24, 2.45) is 7.05 Å². The van der Waals surface area contributed by atoms with Gasteiger partial charge in [-0.1, -0.05) is 11.3 Å². The molecule has 0 aliphatic carbocycles. The number of benzene rings is 1. The van der Waals surface area contributed by atoms with E-state index >= 15 is 0 Å². The van der Waals surface area contributed by atoms with Crippen LogP contribution < -0.4 is 5.32 Å². The molecule has 0 unspecified atom stereocenters. The van der Waals surface area contributed by atoms with Gasteiger partial charge in [0.2, 0.25) is 0 Å². The van der Waals surface area contributed by atoms with E-state index in [1.54, 1.807) is 4.68 Å². The van der Waals surface area contributed by atoms with Gasteiger partial charge < -0.3 is 5.32 Å². The van der Waals surface area contributed by atoms with Crippen LogP contribution in [-0.2, 0) is 7.05 Å². The van der Waals surface area contributed by atoms with E-state index in [1.165, 1.54) is 17.4 Å². The molecule has 1 saturated heterocycles. The fraction of sp³-hybridized carbons (Fsp3) is 0.368. The number of hydrogen-bond acceptors (Lipinski definition) is 4. The number of nitrogens with one attached hydrogen (secondary N) is 1. The predicted molar refractivity (Wildman–Crippen MR) is 102 cm³/mol. The van der Waals surface area contributed by atoms with E-state index in [0.29, 0.717) is 17.0 Å². The molecule has 1 fully saturated rings. The van der Waals surface area contributed by atoms with Crippen molar-refractivity contribution in [3.05, 3.63) is 41.7 Å². The van der Waals surface area contributed by atoms with Gasteiger partial charge in [-0.25, -0.2) is 9.37 Å². The van der Waals surface area contributed by atoms with Gasteiger partial charge in [0.25, 0.3) is 0 Å². The largest absolute Gasteiger partial charge is 0.317 e. The highest BCUT2D eigenvalue weighted by Crippen LogP contribution is 2.35. The van der Waals surface area contributed by atoms with E-state index in [2.05, 4.69) is 16.6 Å². The van der Waals surface area contributed by atoms with Crippen LogP contribution in [0.25, 0.3) is 26.3 Å². The third-order valence-corrected chi connectivity index (χ3v) is 6.45. The Morgan fingerprint density at radius 1 is 1.23 bits per heavy atom. The summed E-state index contributed by atoms with van der Waals surface area (Å²) in [4.78, 5) is 6.63. The zero-order chi connectivity index (χ0) is 17.8. The molecule has 0 saturated carbocycles. The number of hydrogen-bond donors (Lipinski definition) is 1. The maximum atomic E-state index is 14.7. The van der Waals surface area contributed by atoms with Crippen molar-refractivity contribution in [3.63, 3.8) is 0 Å². The fourth-order valence-electron chi connectivity index (χ4n) is 3.79. The van der Waals surface area contributed by atoms with Gasteiger partial charge in [-0.3, -0.25) is 9.08 Å². The van der Waals surface area contributed by atoms with Crippen LogP contribution in [0.1, 0.15) is 30.1 Å². The summed E-state index contributed by atoms with van der Waals surface area (Å²) in [6.07, 6.45) is 6.36. The van der Waals surface area contributed by atoms with Crippen LogP contribution >= 0.6 is 11.3 Å². The molecule has 5 nitrogen and oxygen atoms in total. The van der Waals surface area contributed by atoms with E-state index in [4.69, 9.17) is 4.98 Å². The van der Waals surface area contributed by atoms with E-state index in [1.807, 2.05) is 30.6 Å². The lowest BCUT2D eigenvalue weighted by molar-refractivity contribution is 0.454. The Hall–Kier alpha value is -2.25. The Kier molecular flexibility index (Phi) is 3.62. The van der Waals surface area contributed by atoms with Crippen molar-refractivity contribution in [2.45, 2.75) is 25.7 Å². The highest BCUT2D eigenvalue weighted by atomic mass is 32.1. The minimum atomic E-state index is -0.237. The molecular formula is C19H20FN5S. The molecule has 4 aromatic rings. The molecule has 0 amide bonds. The first kappa shape index (κ1) is 16.0. The van der Waals surface area contributed by atoms with Gasteiger partial charge in [-0.15, -0.1) is 0 Å². The lowest BCUT2D eigenvalue weighted by Crippen LogP contribution is -2.26. The third-order valence-electron chi connectivity index (χ3n) is 5.42. The van der Waals surface area contributed by atoms with Crippen LogP contribution in [0.15, 0.2) is 24.5 Å². The fourth-order valence-corrected chi connectivity index (χ4v) is 4.78. The van der Waals surface area contributed by atoms with Crippen LogP contribution in [0.3, 0.4) is 0 Å². The number of imidazole rings is 1. The van der Waals surface area contributed by atoms with Gasteiger partial charge >= 0.3 is 0 Å². The lowest BCUT2D eigenvalue weighted by Gasteiger charge is -2.20. The van der Waals surface area contributed by atoms with Gasteiger partial charge in [-0.2, -0.15) is 5.10 Å². The molecular weight excluding hydrogens is 349 g/mol. The standard InChI is InChI=1S/C19H20FN5S/c1-11-13-7-14(15(20)8-16(13)23-24(11)2)18-10-25-9-17(22-19(25)26-18)12-3-5-21-6-4-12/h7-10,12,21H,3-6H2,1-2H3. The lowest BCUT2D eigenvalue weighted by atomic mass is 9.95. The average molecular weight is 369 g/mol. The molecule has 134 valence electrons. The monoisotopic (exact) mass is 369 g/mol. The van der Waals surface area contributed by atoms with Crippen LogP contribution in [0.2, 0.25) is 0 Å². The Labute approximate surface area is 154 Å². The van der Waals surface area contributed by atoms with E-state index in [0.717, 1.165) is 52.5 Å². The molecule has 7 heteroatoms. The second-order valence-corrected chi connectivity index (χ2v) is 8.04. The molecule has 1 aliphatic heterocycles. The second kappa shape index (κ2) is 5.89. The summed E-state index contributed by atoms with van der Waals surface area (Å²) < 4.78 is 18.5. The maximum absolute atomic E-state index is 14.7. The topological polar surface area (TPSA) is 47.1 Å². The summed E-state index contributed by atoms with van der Waals surface area (Å²) >= 11 is 1.54. The molecule has 5 rings (SSSR count). The summed E-state index contributed by atoms with van der Waals surface area (Å²) in [5.74, 6) is 0.289. The number of piperidine rings is 1. The van der Waals surface area contributed by atoms with Crippen molar-refractivity contribution < 1.29 is 4.39 Å². The highest BCUT2D eigenvalue weighted by molar-refractivity contribution is 7.20. The van der Waals surface area contributed by atoms with Gasteiger partial charge in [0.1, 0.15) is 5.82 Å². The number of halogens is 1. The molecule has 0 atom stereocenters. The summed E-state index contributed by atoms with van der Waals surface area (Å²) in [5.41, 5.74) is 3.51. The first-order chi connectivity index (χ1) is 12.6. The molecule has 4 heterocycles. The zero-order valence-electron chi connectivity index (χ0n) is 14.8. The predicted octanol–water partition coefficient (Wildman–Crippen LogP) is 3.86. The summed E-state index contributed by atoms with van der Waals surface area (Å²) in [7, 11) is 1.88. The van der Waals surface area contributed by atoms with Crippen LogP contribution in [0.5, 0.6) is 0 Å². The Bertz CT molecular complexity index is 1080. The smallest absolute Gasteiger partial charge is 0.194 e. The van der Waals surface area contributed by atoms with Crippen molar-refractivity contribution in [2.75, 3.05) is 13.1 Å². The van der Waals surface area contributed by atoms with Crippen molar-refractivity contribution in [3.8, 4) is 10.4 Å². The SMILES string of the molecule is Cc1c2cc(-c3cn4cc(C5CCNCC5)nc4s3)c(F)cc2nn1C. The Balaban J connectivity index is 1.56. The zero-order valence-corrected chi connectivity index (χ0v) is 15.6. The molecule has 1 aliphatic rings. The van der Waals surface area contributed by atoms with Crippen molar-refractivity contribution in [1.82, 2.24) is 24.5 Å². The van der Waals surface area contributed by atoms with Crippen LogP contribution in [0, 0.1) is 12.7 Å². The normalized spacial score (nSPS) is 16.1. The molecule has 1 aromatic carbocycles. The maximum Gasteiger partial charge on any atom is 0.194 e. The van der Waals surface area contributed by atoms with E-state index < -0.39 is 0 Å². The van der Waals surface area contributed by atoms with E-state index in [9.17, 15) is 4.39 Å². The summed E-state index contributed by atoms with van der Waals surface area (Å²) in [6.45, 7) is 4.11. The molecule has 0 spiro atoms. The van der Waals surface area contributed by atoms with Crippen molar-refractivity contribution >= 4 is 27.2 Å². The molecule has 3 aromatic heterocycles. The molecule has 26 heavy (non-hydrogen) atoms. The quantitative estimate of drug-likeness (QED) is 0.584. The minimum Gasteiger partial charge on any atom is -0.317 e. The molecule has 1 N–H and O–H groups in total. The Morgan fingerprint density at radius 2 is 2.04 bits per heavy atom.